The highest BCUT2D eigenvalue weighted by Gasteiger charge is 2.28. The molecule has 0 radical (unpaired) electrons. The second kappa shape index (κ2) is 9.94. The van der Waals surface area contributed by atoms with Crippen molar-refractivity contribution in [3.63, 3.8) is 0 Å². The van der Waals surface area contributed by atoms with Gasteiger partial charge in [-0.05, 0) is 66.5 Å². The SMILES string of the molecule is C[C@@H]1C[C@H](N)C[C@H](c2ccncc2CC(=O)c2ccc(F)c3cc(-c4c(F)cc(O)cc4F)cnc23)C1. The Balaban J connectivity index is 1.50. The van der Waals surface area contributed by atoms with E-state index in [1.54, 1.807) is 12.4 Å². The Hall–Kier alpha value is -3.78. The van der Waals surface area contributed by atoms with Crippen LogP contribution in [0.2, 0.25) is 0 Å². The van der Waals surface area contributed by atoms with Gasteiger partial charge in [-0.25, -0.2) is 13.2 Å². The van der Waals surface area contributed by atoms with Crippen LogP contribution in [-0.4, -0.2) is 26.9 Å². The van der Waals surface area contributed by atoms with Gasteiger partial charge in [-0.1, -0.05) is 6.92 Å². The molecule has 4 aromatic rings. The summed E-state index contributed by atoms with van der Waals surface area (Å²) in [5.74, 6) is -2.81. The first-order chi connectivity index (χ1) is 17.7. The van der Waals surface area contributed by atoms with Crippen LogP contribution in [0.4, 0.5) is 13.2 Å². The molecule has 3 N–H and O–H groups in total. The summed E-state index contributed by atoms with van der Waals surface area (Å²) < 4.78 is 43.6. The number of pyridine rings is 2. The number of rotatable bonds is 5. The predicted octanol–water partition coefficient (Wildman–Crippen LogP) is 6.08. The van der Waals surface area contributed by atoms with E-state index in [1.165, 1.54) is 18.3 Å². The molecule has 5 rings (SSSR count). The molecule has 37 heavy (non-hydrogen) atoms. The maximum Gasteiger partial charge on any atom is 0.169 e. The highest BCUT2D eigenvalue weighted by atomic mass is 19.1. The zero-order valence-corrected chi connectivity index (χ0v) is 20.2. The maximum absolute atomic E-state index is 14.8. The van der Waals surface area contributed by atoms with E-state index < -0.39 is 28.8 Å². The minimum atomic E-state index is -1.01. The largest absolute Gasteiger partial charge is 0.508 e. The molecule has 1 aliphatic rings. The van der Waals surface area contributed by atoms with Gasteiger partial charge in [0.25, 0.3) is 0 Å². The lowest BCUT2D eigenvalue weighted by atomic mass is 9.75. The molecule has 3 atom stereocenters. The van der Waals surface area contributed by atoms with E-state index in [2.05, 4.69) is 16.9 Å². The first-order valence-electron chi connectivity index (χ1n) is 12.2. The standard InChI is InChI=1S/C29H26F3N3O2/c1-15-6-16(8-19(33)7-15)21-4-5-34-13-17(21)10-27(37)22-2-3-24(30)23-9-18(14-35-29(22)23)28-25(31)11-20(36)12-26(28)32/h2-5,9,11-16,19,36H,6-8,10,33H2,1H3/t15-,16+,19-/m0/s1. The third-order valence-corrected chi connectivity index (χ3v) is 7.12. The van der Waals surface area contributed by atoms with Crippen molar-refractivity contribution in [3.05, 3.63) is 89.1 Å². The first-order valence-corrected chi connectivity index (χ1v) is 12.2. The summed E-state index contributed by atoms with van der Waals surface area (Å²) in [6.45, 7) is 2.18. The number of halogens is 3. The average molecular weight is 506 g/mol. The number of aromatic nitrogens is 2. The Morgan fingerprint density at radius 3 is 2.51 bits per heavy atom. The number of phenolic OH excluding ortho intramolecular Hbond substituents is 1. The van der Waals surface area contributed by atoms with E-state index >= 15 is 0 Å². The van der Waals surface area contributed by atoms with Gasteiger partial charge in [0.05, 0.1) is 11.1 Å². The predicted molar refractivity (Wildman–Crippen MR) is 135 cm³/mol. The Bertz CT molecular complexity index is 1470. The lowest BCUT2D eigenvalue weighted by molar-refractivity contribution is 0.0994. The van der Waals surface area contributed by atoms with Gasteiger partial charge in [-0.2, -0.15) is 0 Å². The smallest absolute Gasteiger partial charge is 0.169 e. The highest BCUT2D eigenvalue weighted by molar-refractivity contribution is 6.08. The number of ketones is 1. The quantitative estimate of drug-likeness (QED) is 0.321. The topological polar surface area (TPSA) is 89.1 Å². The van der Waals surface area contributed by atoms with Crippen LogP contribution in [0.1, 0.15) is 53.6 Å². The second-order valence-electron chi connectivity index (χ2n) is 9.94. The minimum Gasteiger partial charge on any atom is -0.508 e. The van der Waals surface area contributed by atoms with Crippen molar-refractivity contribution >= 4 is 16.7 Å². The van der Waals surface area contributed by atoms with Gasteiger partial charge in [-0.15, -0.1) is 0 Å². The molecule has 2 heterocycles. The Labute approximate surface area is 212 Å². The molecule has 0 aliphatic heterocycles. The van der Waals surface area contributed by atoms with Gasteiger partial charge in [0.1, 0.15) is 23.2 Å². The Kier molecular flexibility index (Phi) is 6.69. The Morgan fingerprint density at radius 2 is 1.78 bits per heavy atom. The molecule has 0 amide bonds. The molecule has 0 saturated heterocycles. The van der Waals surface area contributed by atoms with Crippen LogP contribution in [-0.2, 0) is 6.42 Å². The molecule has 0 bridgehead atoms. The third kappa shape index (κ3) is 4.93. The van der Waals surface area contributed by atoms with Gasteiger partial charge in [0, 0.05) is 59.7 Å². The average Bonchev–Trinajstić information content (AvgIpc) is 2.83. The van der Waals surface area contributed by atoms with Crippen LogP contribution in [0.5, 0.6) is 5.75 Å². The van der Waals surface area contributed by atoms with Crippen molar-refractivity contribution in [1.82, 2.24) is 9.97 Å². The normalized spacial score (nSPS) is 19.8. The number of benzene rings is 2. The fourth-order valence-electron chi connectivity index (χ4n) is 5.55. The number of fused-ring (bicyclic) bond motifs is 1. The van der Waals surface area contributed by atoms with Crippen LogP contribution in [0.25, 0.3) is 22.0 Å². The van der Waals surface area contributed by atoms with Crippen molar-refractivity contribution < 1.29 is 23.1 Å². The number of Topliss-reactive ketones (excluding diaryl/α,β-unsaturated/α-hetero) is 1. The number of hydrogen-bond donors (Lipinski definition) is 2. The van der Waals surface area contributed by atoms with Crippen LogP contribution in [0, 0.1) is 23.4 Å². The number of nitrogens with zero attached hydrogens (tertiary/aromatic N) is 2. The van der Waals surface area contributed by atoms with Gasteiger partial charge in [0.15, 0.2) is 5.78 Å². The number of carbonyl (C=O) groups excluding carboxylic acids is 1. The van der Waals surface area contributed by atoms with Crippen molar-refractivity contribution in [1.29, 1.82) is 0 Å². The van der Waals surface area contributed by atoms with Crippen molar-refractivity contribution in [3.8, 4) is 16.9 Å². The second-order valence-corrected chi connectivity index (χ2v) is 9.94. The van der Waals surface area contributed by atoms with Crippen LogP contribution in [0.15, 0.2) is 55.0 Å². The zero-order chi connectivity index (χ0) is 26.3. The van der Waals surface area contributed by atoms with Gasteiger partial charge >= 0.3 is 0 Å². The van der Waals surface area contributed by atoms with Crippen molar-refractivity contribution in [2.75, 3.05) is 0 Å². The molecule has 2 aromatic heterocycles. The lowest BCUT2D eigenvalue weighted by Crippen LogP contribution is -2.31. The molecule has 1 saturated carbocycles. The number of aromatic hydroxyl groups is 1. The van der Waals surface area contributed by atoms with E-state index in [4.69, 9.17) is 5.73 Å². The van der Waals surface area contributed by atoms with Gasteiger partial charge in [0.2, 0.25) is 0 Å². The van der Waals surface area contributed by atoms with E-state index in [0.717, 1.165) is 48.6 Å². The van der Waals surface area contributed by atoms with E-state index in [0.29, 0.717) is 5.92 Å². The molecule has 8 heteroatoms. The number of carbonyl (C=O) groups is 1. The summed E-state index contributed by atoms with van der Waals surface area (Å²) in [6.07, 6.45) is 7.43. The molecule has 1 aliphatic carbocycles. The fraction of sp³-hybridized carbons (Fsp3) is 0.276. The van der Waals surface area contributed by atoms with Crippen LogP contribution in [0.3, 0.4) is 0 Å². The first kappa shape index (κ1) is 24.9. The summed E-state index contributed by atoms with van der Waals surface area (Å²) in [4.78, 5) is 21.9. The Morgan fingerprint density at radius 1 is 1.03 bits per heavy atom. The molecule has 1 fully saturated rings. The summed E-state index contributed by atoms with van der Waals surface area (Å²) in [5, 5.41) is 9.39. The number of hydrogen-bond acceptors (Lipinski definition) is 5. The van der Waals surface area contributed by atoms with Crippen LogP contribution >= 0.6 is 0 Å². The fourth-order valence-corrected chi connectivity index (χ4v) is 5.55. The minimum absolute atomic E-state index is 0.0108. The maximum atomic E-state index is 14.8. The molecular formula is C29H26F3N3O2. The van der Waals surface area contributed by atoms with E-state index in [-0.39, 0.29) is 46.2 Å². The summed E-state index contributed by atoms with van der Waals surface area (Å²) in [6, 6.07) is 7.36. The molecule has 0 spiro atoms. The highest BCUT2D eigenvalue weighted by Crippen LogP contribution is 2.37. The van der Waals surface area contributed by atoms with Crippen molar-refractivity contribution in [2.24, 2.45) is 11.7 Å². The summed E-state index contributed by atoms with van der Waals surface area (Å²) >= 11 is 0. The third-order valence-electron chi connectivity index (χ3n) is 7.12. The van der Waals surface area contributed by atoms with Crippen molar-refractivity contribution in [2.45, 2.75) is 44.6 Å². The monoisotopic (exact) mass is 505 g/mol. The lowest BCUT2D eigenvalue weighted by Gasteiger charge is -2.32. The van der Waals surface area contributed by atoms with E-state index in [9.17, 15) is 23.1 Å². The van der Waals surface area contributed by atoms with Gasteiger partial charge < -0.3 is 10.8 Å². The molecule has 0 unspecified atom stereocenters. The molecular weight excluding hydrogens is 479 g/mol. The molecule has 190 valence electrons. The summed E-state index contributed by atoms with van der Waals surface area (Å²) in [5.41, 5.74) is 7.96. The van der Waals surface area contributed by atoms with E-state index in [1.807, 2.05) is 6.07 Å². The van der Waals surface area contributed by atoms with Gasteiger partial charge in [-0.3, -0.25) is 14.8 Å². The summed E-state index contributed by atoms with van der Waals surface area (Å²) in [7, 11) is 0. The zero-order valence-electron chi connectivity index (χ0n) is 20.2. The number of nitrogens with two attached hydrogens (primary N) is 1. The molecule has 2 aromatic carbocycles. The van der Waals surface area contributed by atoms with Crippen LogP contribution < -0.4 is 5.73 Å². The number of phenols is 1. The molecule has 5 nitrogen and oxygen atoms in total.